The number of carbonyl (C=O) groups excluding carboxylic acids is 4. The SMILES string of the molecule is CC[C@H](C)[C@@H]([C@@H](CC(=O)N1CCC[C@H]1[C@H](OC)[C@@H](C)C(=O)NS(=O)(=O)c1ccc(C2(N)CC2)cc1)OC)N(C)C(=O)[C@@H](NC(=O)C(NC)C(C)C)C(C)C. The van der Waals surface area contributed by atoms with Gasteiger partial charge in [0.25, 0.3) is 10.0 Å². The van der Waals surface area contributed by atoms with Crippen LogP contribution in [0.5, 0.6) is 0 Å². The highest BCUT2D eigenvalue weighted by molar-refractivity contribution is 7.90. The maximum atomic E-state index is 14.1. The van der Waals surface area contributed by atoms with Gasteiger partial charge in [-0.2, -0.15) is 0 Å². The molecule has 8 atom stereocenters. The Labute approximate surface area is 323 Å². The summed E-state index contributed by atoms with van der Waals surface area (Å²) in [5, 5.41) is 6.00. The van der Waals surface area contributed by atoms with Crippen molar-refractivity contribution in [3.8, 4) is 0 Å². The first-order chi connectivity index (χ1) is 25.3. The summed E-state index contributed by atoms with van der Waals surface area (Å²) in [6, 6.07) is 3.99. The summed E-state index contributed by atoms with van der Waals surface area (Å²) in [5.41, 5.74) is 6.67. The Hall–Kier alpha value is -3.11. The molecule has 1 saturated heterocycles. The Bertz CT molecular complexity index is 1550. The molecule has 4 amide bonds. The fourth-order valence-electron chi connectivity index (χ4n) is 7.72. The average molecular weight is 779 g/mol. The van der Waals surface area contributed by atoms with Crippen LogP contribution in [0.3, 0.4) is 0 Å². The second-order valence-corrected chi connectivity index (χ2v) is 17.7. The number of ether oxygens (including phenoxy) is 2. The van der Waals surface area contributed by atoms with E-state index in [2.05, 4.69) is 15.4 Å². The zero-order valence-electron chi connectivity index (χ0n) is 34.2. The lowest BCUT2D eigenvalue weighted by Gasteiger charge is -2.41. The number of hydrogen-bond donors (Lipinski definition) is 4. The van der Waals surface area contributed by atoms with Crippen LogP contribution in [0.2, 0.25) is 0 Å². The number of carbonyl (C=O) groups is 4. The van der Waals surface area contributed by atoms with Crippen molar-refractivity contribution in [2.24, 2.45) is 29.4 Å². The lowest BCUT2D eigenvalue weighted by atomic mass is 9.89. The molecule has 1 unspecified atom stereocenters. The molecular weight excluding hydrogens is 713 g/mol. The predicted octanol–water partition coefficient (Wildman–Crippen LogP) is 2.74. The lowest BCUT2D eigenvalue weighted by Crippen LogP contribution is -2.59. The van der Waals surface area contributed by atoms with Crippen LogP contribution in [0, 0.1) is 23.7 Å². The number of likely N-dealkylation sites (tertiary alicyclic amines) is 1. The van der Waals surface area contributed by atoms with Crippen molar-refractivity contribution in [3.63, 3.8) is 0 Å². The molecular formula is C39H66N6O8S. The minimum absolute atomic E-state index is 0.0134. The molecule has 1 saturated carbocycles. The molecule has 54 heavy (non-hydrogen) atoms. The van der Waals surface area contributed by atoms with E-state index in [0.29, 0.717) is 25.8 Å². The molecule has 14 nitrogen and oxygen atoms in total. The molecule has 1 aliphatic carbocycles. The average Bonchev–Trinajstić information content (AvgIpc) is 3.69. The molecule has 2 aliphatic rings. The number of benzene rings is 1. The number of rotatable bonds is 20. The molecule has 2 fully saturated rings. The maximum Gasteiger partial charge on any atom is 0.264 e. The normalized spacial score (nSPS) is 20.8. The summed E-state index contributed by atoms with van der Waals surface area (Å²) in [4.78, 5) is 58.1. The van der Waals surface area contributed by atoms with Gasteiger partial charge in [0.15, 0.2) is 0 Å². The molecule has 1 aromatic carbocycles. The summed E-state index contributed by atoms with van der Waals surface area (Å²) in [5.74, 6) is -2.66. The van der Waals surface area contributed by atoms with E-state index < -0.39 is 63.8 Å². The monoisotopic (exact) mass is 778 g/mol. The van der Waals surface area contributed by atoms with Gasteiger partial charge >= 0.3 is 0 Å². The summed E-state index contributed by atoms with van der Waals surface area (Å²) in [7, 11) is 2.20. The Balaban J connectivity index is 1.76. The van der Waals surface area contributed by atoms with Crippen LogP contribution in [0.4, 0.5) is 0 Å². The van der Waals surface area contributed by atoms with Crippen LogP contribution >= 0.6 is 0 Å². The molecule has 306 valence electrons. The fourth-order valence-corrected chi connectivity index (χ4v) is 8.79. The predicted molar refractivity (Wildman–Crippen MR) is 207 cm³/mol. The molecule has 1 aliphatic heterocycles. The van der Waals surface area contributed by atoms with E-state index in [1.165, 1.54) is 26.4 Å². The van der Waals surface area contributed by atoms with Crippen molar-refractivity contribution in [2.45, 2.75) is 134 Å². The van der Waals surface area contributed by atoms with E-state index >= 15 is 0 Å². The van der Waals surface area contributed by atoms with Crippen molar-refractivity contribution in [1.29, 1.82) is 0 Å². The van der Waals surface area contributed by atoms with Crippen molar-refractivity contribution >= 4 is 33.7 Å². The van der Waals surface area contributed by atoms with Gasteiger partial charge in [0.2, 0.25) is 23.6 Å². The number of nitrogens with two attached hydrogens (primary N) is 1. The van der Waals surface area contributed by atoms with E-state index in [-0.39, 0.29) is 46.8 Å². The fraction of sp³-hybridized carbons (Fsp3) is 0.744. The molecule has 1 aromatic rings. The Kier molecular flexibility index (Phi) is 16.1. The van der Waals surface area contributed by atoms with E-state index in [9.17, 15) is 27.6 Å². The third kappa shape index (κ3) is 10.6. The molecule has 1 heterocycles. The van der Waals surface area contributed by atoms with Crippen LogP contribution in [0.15, 0.2) is 29.2 Å². The Morgan fingerprint density at radius 1 is 0.963 bits per heavy atom. The first kappa shape index (κ1) is 45.3. The summed E-state index contributed by atoms with van der Waals surface area (Å²) < 4.78 is 40.4. The zero-order valence-corrected chi connectivity index (χ0v) is 35.0. The molecule has 0 radical (unpaired) electrons. The van der Waals surface area contributed by atoms with Gasteiger partial charge in [-0.15, -0.1) is 0 Å². The topological polar surface area (TPSA) is 189 Å². The molecule has 0 bridgehead atoms. The van der Waals surface area contributed by atoms with Crippen LogP contribution in [-0.4, -0.2) is 113 Å². The lowest BCUT2D eigenvalue weighted by molar-refractivity contribution is -0.147. The number of amides is 4. The first-order valence-corrected chi connectivity index (χ1v) is 20.8. The number of nitrogens with zero attached hydrogens (tertiary/aromatic N) is 2. The summed E-state index contributed by atoms with van der Waals surface area (Å²) >= 11 is 0. The minimum atomic E-state index is -4.18. The van der Waals surface area contributed by atoms with Gasteiger partial charge in [0, 0.05) is 33.4 Å². The number of sulfonamides is 1. The van der Waals surface area contributed by atoms with Crippen molar-refractivity contribution in [1.82, 2.24) is 25.2 Å². The van der Waals surface area contributed by atoms with Crippen LogP contribution in [0.1, 0.15) is 92.6 Å². The van der Waals surface area contributed by atoms with Gasteiger partial charge in [-0.25, -0.2) is 13.1 Å². The van der Waals surface area contributed by atoms with Gasteiger partial charge in [-0.3, -0.25) is 19.2 Å². The highest BCUT2D eigenvalue weighted by Gasteiger charge is 2.44. The van der Waals surface area contributed by atoms with Gasteiger partial charge in [0.1, 0.15) is 6.04 Å². The smallest absolute Gasteiger partial charge is 0.264 e. The van der Waals surface area contributed by atoms with E-state index in [4.69, 9.17) is 15.2 Å². The van der Waals surface area contributed by atoms with Gasteiger partial charge in [-0.05, 0) is 68.2 Å². The highest BCUT2D eigenvalue weighted by Crippen LogP contribution is 2.42. The largest absolute Gasteiger partial charge is 0.379 e. The highest BCUT2D eigenvalue weighted by atomic mass is 32.2. The van der Waals surface area contributed by atoms with Gasteiger partial charge < -0.3 is 35.6 Å². The molecule has 5 N–H and O–H groups in total. The first-order valence-electron chi connectivity index (χ1n) is 19.3. The zero-order chi connectivity index (χ0) is 40.7. The number of hydrogen-bond acceptors (Lipinski definition) is 10. The van der Waals surface area contributed by atoms with Gasteiger partial charge in [0.05, 0.1) is 47.6 Å². The van der Waals surface area contributed by atoms with Crippen LogP contribution in [-0.2, 0) is 44.2 Å². The maximum absolute atomic E-state index is 14.1. The number of likely N-dealkylation sites (N-methyl/N-ethyl adjacent to an activating group) is 2. The number of methoxy groups -OCH3 is 2. The molecule has 15 heteroatoms. The third-order valence-electron chi connectivity index (χ3n) is 11.5. The van der Waals surface area contributed by atoms with Crippen molar-refractivity contribution in [2.75, 3.05) is 34.9 Å². The second kappa shape index (κ2) is 19.2. The second-order valence-electron chi connectivity index (χ2n) is 16.0. The van der Waals surface area contributed by atoms with Gasteiger partial charge in [-0.1, -0.05) is 67.0 Å². The van der Waals surface area contributed by atoms with E-state index in [1.807, 2.05) is 41.5 Å². The quantitative estimate of drug-likeness (QED) is 0.153. The summed E-state index contributed by atoms with van der Waals surface area (Å²) in [6.07, 6.45) is 2.09. The van der Waals surface area contributed by atoms with E-state index in [1.54, 1.807) is 43.0 Å². The van der Waals surface area contributed by atoms with Crippen LogP contribution in [0.25, 0.3) is 0 Å². The van der Waals surface area contributed by atoms with Crippen molar-refractivity contribution < 1.29 is 37.1 Å². The Morgan fingerprint density at radius 3 is 2.04 bits per heavy atom. The standard InChI is InChI=1S/C39H66N6O8S/c1-12-25(6)34(44(9)38(49)33(24(4)5)42-37(48)32(41-8)23(2)3)30(52-10)22-31(46)45-21-13-14-29(45)35(53-11)26(7)36(47)43-54(50,51)28-17-15-27(16-18-28)39(40)19-20-39/h15-18,23-26,29-30,32-35,41H,12-14,19-22,40H2,1-11H3,(H,42,48)(H,43,47)/t25-,26+,29-,30+,32?,33-,34-,35+/m0/s1. The molecule has 0 spiro atoms. The van der Waals surface area contributed by atoms with Crippen molar-refractivity contribution in [3.05, 3.63) is 29.8 Å². The van der Waals surface area contributed by atoms with E-state index in [0.717, 1.165) is 18.4 Å². The summed E-state index contributed by atoms with van der Waals surface area (Å²) in [6.45, 7) is 13.7. The van der Waals surface area contributed by atoms with Crippen LogP contribution < -0.4 is 21.1 Å². The molecule has 0 aromatic heterocycles. The minimum Gasteiger partial charge on any atom is -0.379 e. The Morgan fingerprint density at radius 2 is 1.56 bits per heavy atom. The molecule has 3 rings (SSSR count). The number of nitrogens with one attached hydrogen (secondary N) is 3. The third-order valence-corrected chi connectivity index (χ3v) is 12.9.